The lowest BCUT2D eigenvalue weighted by Crippen LogP contribution is -2.17. The molecule has 0 fully saturated rings. The molecule has 0 aromatic carbocycles. The summed E-state index contributed by atoms with van der Waals surface area (Å²) in [5.41, 5.74) is 5.31. The lowest BCUT2D eigenvalue weighted by Gasteiger charge is -2.05. The molecule has 1 atom stereocenters. The highest BCUT2D eigenvalue weighted by Crippen LogP contribution is 2.37. The van der Waals surface area contributed by atoms with Gasteiger partial charge in [-0.05, 0) is 0 Å². The second kappa shape index (κ2) is 3.24. The van der Waals surface area contributed by atoms with E-state index in [9.17, 15) is 4.57 Å². The number of rotatable bonds is 2. The average Bonchev–Trinajstić information content (AvgIpc) is 2.66. The van der Waals surface area contributed by atoms with Crippen LogP contribution in [0.1, 0.15) is 0 Å². The number of fused-ring (bicyclic) bond motifs is 1. The molecule has 0 aliphatic heterocycles. The Hall–Kier alpha value is -1.54. The molecule has 0 spiro atoms. The third kappa shape index (κ3) is 1.57. The first kappa shape index (κ1) is 9.99. The van der Waals surface area contributed by atoms with Crippen molar-refractivity contribution in [2.24, 2.45) is 0 Å². The molecule has 0 aliphatic carbocycles. The van der Waals surface area contributed by atoms with E-state index in [2.05, 4.69) is 24.6 Å². The molecule has 2 rings (SSSR count). The quantitative estimate of drug-likeness (QED) is 0.299. The van der Waals surface area contributed by atoms with Gasteiger partial charge in [0.2, 0.25) is 5.57 Å². The van der Waals surface area contributed by atoms with Crippen molar-refractivity contribution in [1.82, 2.24) is 19.9 Å². The van der Waals surface area contributed by atoms with E-state index in [1.807, 2.05) is 0 Å². The third-order valence-electron chi connectivity index (χ3n) is 1.67. The molecule has 2 heterocycles. The molecule has 0 aliphatic rings. The van der Waals surface area contributed by atoms with Gasteiger partial charge in [-0.25, -0.2) is 19.8 Å². The minimum Gasteiger partial charge on any atom is -0.382 e. The van der Waals surface area contributed by atoms with Gasteiger partial charge in [-0.2, -0.15) is 4.98 Å². The van der Waals surface area contributed by atoms with Crippen molar-refractivity contribution in [2.45, 2.75) is 0 Å². The standard InChI is InChI=1S/C5H6N5O4P/c6-3-2-4(8-1-7-2)10-5(9-3)15(12,13)14-11/h1,11H,(H,12,13)(H3,6,7,8,9,10). The number of imidazole rings is 1. The highest BCUT2D eigenvalue weighted by Gasteiger charge is 2.28. The Morgan fingerprint density at radius 3 is 2.93 bits per heavy atom. The van der Waals surface area contributed by atoms with Gasteiger partial charge in [0, 0.05) is 0 Å². The fourth-order valence-corrected chi connectivity index (χ4v) is 1.53. The summed E-state index contributed by atoms with van der Waals surface area (Å²) < 4.78 is 14.6. The van der Waals surface area contributed by atoms with Gasteiger partial charge in [0.05, 0.1) is 6.33 Å². The first-order valence-electron chi connectivity index (χ1n) is 3.67. The smallest absolute Gasteiger partial charge is 0.382 e. The van der Waals surface area contributed by atoms with Gasteiger partial charge in [0.25, 0.3) is 0 Å². The summed E-state index contributed by atoms with van der Waals surface area (Å²) in [6, 6.07) is 0. The number of nitrogens with zero attached hydrogens (tertiary/aromatic N) is 3. The molecule has 2 aromatic rings. The Morgan fingerprint density at radius 1 is 1.53 bits per heavy atom. The topological polar surface area (TPSA) is 147 Å². The fourth-order valence-electron chi connectivity index (χ4n) is 1.01. The van der Waals surface area contributed by atoms with Crippen molar-refractivity contribution < 1.29 is 19.4 Å². The summed E-state index contributed by atoms with van der Waals surface area (Å²) in [5.74, 6) is -0.0566. The molecule has 2 aromatic heterocycles. The summed E-state index contributed by atoms with van der Waals surface area (Å²) in [5, 5.41) is 8.20. The van der Waals surface area contributed by atoms with Crippen LogP contribution in [0.5, 0.6) is 0 Å². The molecule has 0 amide bonds. The number of anilines is 1. The predicted octanol–water partition coefficient (Wildman–Crippen LogP) is -0.765. The number of hydrogen-bond donors (Lipinski definition) is 4. The van der Waals surface area contributed by atoms with Crippen molar-refractivity contribution in [3.63, 3.8) is 0 Å². The van der Waals surface area contributed by atoms with Gasteiger partial charge in [-0.15, -0.1) is 4.67 Å². The first-order chi connectivity index (χ1) is 7.04. The molecule has 5 N–H and O–H groups in total. The maximum absolute atomic E-state index is 11.2. The van der Waals surface area contributed by atoms with Crippen molar-refractivity contribution in [3.8, 4) is 0 Å². The molecule has 0 bridgehead atoms. The van der Waals surface area contributed by atoms with E-state index in [1.165, 1.54) is 6.33 Å². The number of aromatic nitrogens is 4. The second-order valence-electron chi connectivity index (χ2n) is 2.61. The van der Waals surface area contributed by atoms with Crippen LogP contribution >= 0.6 is 7.60 Å². The largest absolute Gasteiger partial charge is 0.422 e. The lowest BCUT2D eigenvalue weighted by molar-refractivity contribution is -0.143. The number of hydrogen-bond acceptors (Lipinski definition) is 7. The van der Waals surface area contributed by atoms with Gasteiger partial charge in [-0.3, -0.25) is 0 Å². The Bertz CT molecular complexity index is 553. The van der Waals surface area contributed by atoms with Crippen LogP contribution in [0.3, 0.4) is 0 Å². The highest BCUT2D eigenvalue weighted by atomic mass is 31.2. The zero-order valence-electron chi connectivity index (χ0n) is 7.15. The summed E-state index contributed by atoms with van der Waals surface area (Å²) in [6.45, 7) is 0. The van der Waals surface area contributed by atoms with Gasteiger partial charge in [0.15, 0.2) is 11.5 Å². The van der Waals surface area contributed by atoms with Crippen LogP contribution in [0.2, 0.25) is 0 Å². The number of nitrogen functional groups attached to an aromatic ring is 1. The molecule has 15 heavy (non-hydrogen) atoms. The van der Waals surface area contributed by atoms with Crippen LogP contribution in [0.25, 0.3) is 11.2 Å². The summed E-state index contributed by atoms with van der Waals surface area (Å²) >= 11 is 0. The summed E-state index contributed by atoms with van der Waals surface area (Å²) in [7, 11) is -4.43. The fraction of sp³-hybridized carbons (Fsp3) is 0. The van der Waals surface area contributed by atoms with E-state index >= 15 is 0 Å². The van der Waals surface area contributed by atoms with E-state index in [0.717, 1.165) is 0 Å². The zero-order valence-corrected chi connectivity index (χ0v) is 8.05. The van der Waals surface area contributed by atoms with Crippen molar-refractivity contribution in [2.75, 3.05) is 5.73 Å². The predicted molar refractivity (Wildman–Crippen MR) is 49.3 cm³/mol. The van der Waals surface area contributed by atoms with Crippen LogP contribution in [0, 0.1) is 0 Å². The zero-order chi connectivity index (χ0) is 11.1. The van der Waals surface area contributed by atoms with Gasteiger partial charge in [-0.1, -0.05) is 0 Å². The second-order valence-corrected chi connectivity index (χ2v) is 4.22. The minimum absolute atomic E-state index is 0.0566. The normalized spacial score (nSPS) is 15.3. The molecule has 1 unspecified atom stereocenters. The van der Waals surface area contributed by atoms with E-state index < -0.39 is 13.2 Å². The van der Waals surface area contributed by atoms with Gasteiger partial charge >= 0.3 is 7.60 Å². The average molecular weight is 231 g/mol. The monoisotopic (exact) mass is 231 g/mol. The van der Waals surface area contributed by atoms with Gasteiger partial charge < -0.3 is 15.6 Å². The van der Waals surface area contributed by atoms with E-state index in [0.29, 0.717) is 5.52 Å². The third-order valence-corrected chi connectivity index (χ3v) is 2.59. The van der Waals surface area contributed by atoms with Gasteiger partial charge in [0.1, 0.15) is 5.52 Å². The number of nitrogens with two attached hydrogens (primary N) is 1. The summed E-state index contributed by atoms with van der Waals surface area (Å²) in [4.78, 5) is 22.6. The Labute approximate surface area is 82.4 Å². The van der Waals surface area contributed by atoms with Crippen molar-refractivity contribution >= 4 is 30.1 Å². The molecule has 80 valence electrons. The van der Waals surface area contributed by atoms with E-state index in [4.69, 9.17) is 15.9 Å². The van der Waals surface area contributed by atoms with Crippen LogP contribution in [-0.4, -0.2) is 30.1 Å². The molecule has 9 nitrogen and oxygen atoms in total. The molecule has 0 saturated carbocycles. The molecular weight excluding hydrogens is 225 g/mol. The first-order valence-corrected chi connectivity index (χ1v) is 5.25. The maximum atomic E-state index is 11.2. The number of nitrogens with one attached hydrogen (secondary N) is 1. The Kier molecular flexibility index (Phi) is 2.16. The summed E-state index contributed by atoms with van der Waals surface area (Å²) in [6.07, 6.45) is 1.31. The van der Waals surface area contributed by atoms with Crippen LogP contribution in [0.4, 0.5) is 5.82 Å². The number of aromatic amines is 1. The van der Waals surface area contributed by atoms with Crippen LogP contribution in [-0.2, 0) is 9.24 Å². The molecule has 10 heteroatoms. The van der Waals surface area contributed by atoms with Crippen LogP contribution < -0.4 is 11.3 Å². The van der Waals surface area contributed by atoms with Crippen molar-refractivity contribution in [3.05, 3.63) is 6.33 Å². The maximum Gasteiger partial charge on any atom is 0.422 e. The molecule has 0 saturated heterocycles. The minimum atomic E-state index is -4.43. The lowest BCUT2D eigenvalue weighted by atomic mass is 10.5. The van der Waals surface area contributed by atoms with Crippen LogP contribution in [0.15, 0.2) is 6.33 Å². The highest BCUT2D eigenvalue weighted by molar-refractivity contribution is 7.60. The molecule has 0 radical (unpaired) electrons. The molecular formula is C5H6N5O4P. The van der Waals surface area contributed by atoms with Crippen molar-refractivity contribution in [1.29, 1.82) is 0 Å². The van der Waals surface area contributed by atoms with E-state index in [-0.39, 0.29) is 11.5 Å². The number of H-pyrrole nitrogens is 1. The Morgan fingerprint density at radius 2 is 2.27 bits per heavy atom. The Balaban J connectivity index is 2.69. The van der Waals surface area contributed by atoms with E-state index in [1.54, 1.807) is 0 Å². The SMILES string of the molecule is Nc1nc(P(=O)(O)OO)nc2nc[nH]c12.